The summed E-state index contributed by atoms with van der Waals surface area (Å²) < 4.78 is 5.45. The molecule has 7 heteroatoms. The Morgan fingerprint density at radius 2 is 1.59 bits per heavy atom. The lowest BCUT2D eigenvalue weighted by Crippen LogP contribution is -2.36. The van der Waals surface area contributed by atoms with Crippen LogP contribution in [0.4, 0.5) is 10.5 Å². The van der Waals surface area contributed by atoms with E-state index in [1.807, 2.05) is 36.4 Å². The van der Waals surface area contributed by atoms with E-state index in [4.69, 9.17) is 4.74 Å². The van der Waals surface area contributed by atoms with Gasteiger partial charge in [-0.3, -0.25) is 0 Å². The highest BCUT2D eigenvalue weighted by molar-refractivity contribution is 7.78. The highest BCUT2D eigenvalue weighted by Crippen LogP contribution is 2.44. The Labute approximate surface area is 191 Å². The summed E-state index contributed by atoms with van der Waals surface area (Å²) >= 11 is 4.62. The lowest BCUT2D eigenvalue weighted by molar-refractivity contribution is 0.0189. The second-order valence-corrected chi connectivity index (χ2v) is 7.66. The third-order valence-electron chi connectivity index (χ3n) is 5.59. The van der Waals surface area contributed by atoms with Crippen LogP contribution in [0.25, 0.3) is 11.1 Å². The lowest BCUT2D eigenvalue weighted by atomic mass is 9.98. The number of carbonyl (C=O) groups is 1. The van der Waals surface area contributed by atoms with Crippen LogP contribution in [0.1, 0.15) is 28.7 Å². The summed E-state index contributed by atoms with van der Waals surface area (Å²) in [4.78, 5) is 16.2. The minimum Gasteiger partial charge on any atom is -0.449 e. The number of ether oxygens (including phenoxy) is 1. The number of hydrogen-bond donors (Lipinski definition) is 3. The molecule has 3 aromatic rings. The molecule has 4 rings (SSSR count). The quantitative estimate of drug-likeness (QED) is 0.371. The van der Waals surface area contributed by atoms with E-state index in [-0.39, 0.29) is 19.1 Å². The molecule has 1 aliphatic rings. The standard InChI is InChI=1S/C25H22N2O4S/c28-23(24(29)20-11-5-6-12-22(20)27-15-32)13-26-25(30)31-14-21-18-9-3-1-7-16(18)17-8-2-4-10-19(17)21/h1-12,21,23-24,28-29H,13-14H2,(H,26,30). The summed E-state index contributed by atoms with van der Waals surface area (Å²) in [7, 11) is 0. The number of carbonyl (C=O) groups excluding carboxylic acids is 1. The van der Waals surface area contributed by atoms with Crippen LogP contribution in [0.15, 0.2) is 77.8 Å². The summed E-state index contributed by atoms with van der Waals surface area (Å²) in [6.45, 7) is -0.0157. The topological polar surface area (TPSA) is 91.2 Å². The number of aliphatic imine (C=N–C) groups is 1. The maximum absolute atomic E-state index is 12.3. The van der Waals surface area contributed by atoms with Crippen LogP contribution in [0, 0.1) is 0 Å². The van der Waals surface area contributed by atoms with Crippen molar-refractivity contribution >= 4 is 29.2 Å². The molecule has 162 valence electrons. The number of hydrogen-bond acceptors (Lipinski definition) is 6. The van der Waals surface area contributed by atoms with Crippen molar-refractivity contribution in [3.8, 4) is 11.1 Å². The van der Waals surface area contributed by atoms with Crippen molar-refractivity contribution in [3.63, 3.8) is 0 Å². The zero-order chi connectivity index (χ0) is 22.5. The van der Waals surface area contributed by atoms with Gasteiger partial charge in [0, 0.05) is 18.0 Å². The van der Waals surface area contributed by atoms with Crippen LogP contribution in [0.2, 0.25) is 0 Å². The van der Waals surface area contributed by atoms with Gasteiger partial charge in [-0.25, -0.2) is 4.79 Å². The van der Waals surface area contributed by atoms with Crippen molar-refractivity contribution in [2.45, 2.75) is 18.1 Å². The Morgan fingerprint density at radius 1 is 1.00 bits per heavy atom. The molecule has 6 nitrogen and oxygen atoms in total. The Bertz CT molecular complexity index is 1130. The predicted octanol–water partition coefficient (Wildman–Crippen LogP) is 4.35. The van der Waals surface area contributed by atoms with E-state index < -0.39 is 18.3 Å². The fourth-order valence-corrected chi connectivity index (χ4v) is 4.14. The molecule has 32 heavy (non-hydrogen) atoms. The Balaban J connectivity index is 1.36. The molecule has 0 radical (unpaired) electrons. The fourth-order valence-electron chi connectivity index (χ4n) is 4.04. The Hall–Kier alpha value is -3.35. The molecule has 0 heterocycles. The number of nitrogens with one attached hydrogen (secondary N) is 1. The molecule has 2 unspecified atom stereocenters. The third-order valence-corrected chi connectivity index (χ3v) is 5.68. The predicted molar refractivity (Wildman–Crippen MR) is 125 cm³/mol. The first-order chi connectivity index (χ1) is 15.6. The van der Waals surface area contributed by atoms with Crippen LogP contribution < -0.4 is 5.32 Å². The Kier molecular flexibility index (Phi) is 6.73. The van der Waals surface area contributed by atoms with Gasteiger partial charge < -0.3 is 20.3 Å². The maximum Gasteiger partial charge on any atom is 0.407 e. The van der Waals surface area contributed by atoms with Crippen LogP contribution in [-0.4, -0.2) is 40.7 Å². The lowest BCUT2D eigenvalue weighted by Gasteiger charge is -2.20. The summed E-state index contributed by atoms with van der Waals surface area (Å²) in [5.41, 5.74) is 5.34. The molecule has 0 spiro atoms. The van der Waals surface area contributed by atoms with E-state index >= 15 is 0 Å². The first kappa shape index (κ1) is 21.9. The van der Waals surface area contributed by atoms with Gasteiger partial charge in [-0.15, -0.1) is 0 Å². The molecule has 0 saturated carbocycles. The van der Waals surface area contributed by atoms with Crippen molar-refractivity contribution in [1.29, 1.82) is 0 Å². The number of thiocarbonyl (C=S) groups is 1. The van der Waals surface area contributed by atoms with E-state index in [0.717, 1.165) is 22.3 Å². The van der Waals surface area contributed by atoms with Gasteiger partial charge in [0.05, 0.1) is 10.8 Å². The van der Waals surface area contributed by atoms with Crippen molar-refractivity contribution in [3.05, 3.63) is 89.5 Å². The van der Waals surface area contributed by atoms with Crippen LogP contribution in [0.3, 0.4) is 0 Å². The maximum atomic E-state index is 12.3. The second-order valence-electron chi connectivity index (χ2n) is 7.48. The first-order valence-corrected chi connectivity index (χ1v) is 10.6. The zero-order valence-electron chi connectivity index (χ0n) is 17.1. The number of fused-ring (bicyclic) bond motifs is 3. The first-order valence-electron chi connectivity index (χ1n) is 10.2. The van der Waals surface area contributed by atoms with E-state index in [0.29, 0.717) is 11.3 Å². The van der Waals surface area contributed by atoms with E-state index in [1.165, 1.54) is 0 Å². The van der Waals surface area contributed by atoms with Crippen LogP contribution >= 0.6 is 12.2 Å². The number of alkyl carbamates (subject to hydrolysis) is 1. The highest BCUT2D eigenvalue weighted by atomic mass is 32.1. The molecular weight excluding hydrogens is 424 g/mol. The van der Waals surface area contributed by atoms with Crippen molar-refractivity contribution in [2.24, 2.45) is 4.99 Å². The number of rotatable bonds is 7. The number of benzene rings is 3. The normalized spacial score (nSPS) is 13.9. The van der Waals surface area contributed by atoms with Gasteiger partial charge in [0.15, 0.2) is 0 Å². The number of aliphatic hydroxyl groups is 2. The number of aliphatic hydroxyl groups excluding tert-OH is 2. The smallest absolute Gasteiger partial charge is 0.407 e. The zero-order valence-corrected chi connectivity index (χ0v) is 18.0. The van der Waals surface area contributed by atoms with Gasteiger partial charge in [0.25, 0.3) is 0 Å². The summed E-state index contributed by atoms with van der Waals surface area (Å²) in [6, 6.07) is 22.9. The molecule has 2 atom stereocenters. The molecule has 3 N–H and O–H groups in total. The molecule has 0 saturated heterocycles. The Morgan fingerprint density at radius 3 is 2.25 bits per heavy atom. The van der Waals surface area contributed by atoms with Gasteiger partial charge in [0.1, 0.15) is 18.8 Å². The summed E-state index contributed by atoms with van der Waals surface area (Å²) in [5, 5.41) is 25.6. The van der Waals surface area contributed by atoms with Gasteiger partial charge in [-0.1, -0.05) is 66.7 Å². The number of amides is 1. The van der Waals surface area contributed by atoms with Gasteiger partial charge in [0.2, 0.25) is 0 Å². The van der Waals surface area contributed by atoms with Crippen molar-refractivity contribution < 1.29 is 19.7 Å². The minimum atomic E-state index is -1.26. The average Bonchev–Trinajstić information content (AvgIpc) is 3.15. The number of isothiocyanates is 1. The van der Waals surface area contributed by atoms with Crippen LogP contribution in [-0.2, 0) is 4.74 Å². The molecule has 3 aromatic carbocycles. The van der Waals surface area contributed by atoms with Gasteiger partial charge in [-0.05, 0) is 40.5 Å². The average molecular weight is 447 g/mol. The summed E-state index contributed by atoms with van der Waals surface area (Å²) in [6.07, 6.45) is -3.17. The van der Waals surface area contributed by atoms with Gasteiger partial charge >= 0.3 is 6.09 Å². The molecule has 0 aromatic heterocycles. The SMILES string of the molecule is O=C(NCC(O)C(O)c1ccccc1N=C=S)OCC1c2ccccc2-c2ccccc21. The van der Waals surface area contributed by atoms with Crippen molar-refractivity contribution in [2.75, 3.05) is 13.2 Å². The summed E-state index contributed by atoms with van der Waals surface area (Å²) in [5.74, 6) is -0.0527. The monoisotopic (exact) mass is 446 g/mol. The van der Waals surface area contributed by atoms with E-state index in [1.54, 1.807) is 24.3 Å². The molecule has 0 fully saturated rings. The molecule has 0 aliphatic heterocycles. The minimum absolute atomic E-state index is 0.0527. The third kappa shape index (κ3) is 4.47. The van der Waals surface area contributed by atoms with Crippen LogP contribution in [0.5, 0.6) is 0 Å². The molecule has 0 bridgehead atoms. The molecule has 1 aliphatic carbocycles. The molecule has 1 amide bonds. The van der Waals surface area contributed by atoms with Crippen molar-refractivity contribution in [1.82, 2.24) is 5.32 Å². The highest BCUT2D eigenvalue weighted by Gasteiger charge is 2.29. The largest absolute Gasteiger partial charge is 0.449 e. The van der Waals surface area contributed by atoms with E-state index in [9.17, 15) is 15.0 Å². The fraction of sp³-hybridized carbons (Fsp3) is 0.200. The number of para-hydroxylation sites is 1. The number of nitrogens with zero attached hydrogens (tertiary/aromatic N) is 1. The second kappa shape index (κ2) is 9.85. The van der Waals surface area contributed by atoms with Gasteiger partial charge in [-0.2, -0.15) is 4.99 Å². The molecular formula is C25H22N2O4S. The van der Waals surface area contributed by atoms with E-state index in [2.05, 4.69) is 39.8 Å².